The second-order valence-corrected chi connectivity index (χ2v) is 4.36. The quantitative estimate of drug-likeness (QED) is 0.748. The first-order valence-electron chi connectivity index (χ1n) is 5.19. The monoisotopic (exact) mass is 205 g/mol. The Balaban J connectivity index is 1.78. The topological polar surface area (TPSA) is 53.1 Å². The number of nitriles is 1. The lowest BCUT2D eigenvalue weighted by Gasteiger charge is -2.13. The normalized spacial score (nSPS) is 24.1. The van der Waals surface area contributed by atoms with Gasteiger partial charge in [0.25, 0.3) is 0 Å². The van der Waals surface area contributed by atoms with Crippen LogP contribution in [0, 0.1) is 30.1 Å². The summed E-state index contributed by atoms with van der Waals surface area (Å²) in [5, 5.41) is 12.6. The van der Waals surface area contributed by atoms with Gasteiger partial charge in [-0.15, -0.1) is 0 Å². The molecule has 0 N–H and O–H groups in total. The Bertz CT molecular complexity index is 379. The molecule has 0 bridgehead atoms. The number of rotatable bonds is 4. The molecule has 4 heteroatoms. The average molecular weight is 205 g/mol. The molecule has 1 aliphatic carbocycles. The van der Waals surface area contributed by atoms with Crippen molar-refractivity contribution in [2.24, 2.45) is 11.8 Å². The lowest BCUT2D eigenvalue weighted by atomic mass is 10.3. The summed E-state index contributed by atoms with van der Waals surface area (Å²) in [5.41, 5.74) is 0.962. The molecule has 1 aromatic rings. The van der Waals surface area contributed by atoms with Crippen molar-refractivity contribution in [3.8, 4) is 6.07 Å². The summed E-state index contributed by atoms with van der Waals surface area (Å²) in [4.78, 5) is 2.19. The number of aryl methyl sites for hydroxylation is 1. The average Bonchev–Trinajstić information content (AvgIpc) is 2.81. The van der Waals surface area contributed by atoms with Crippen molar-refractivity contribution in [1.82, 2.24) is 10.1 Å². The van der Waals surface area contributed by atoms with Crippen molar-refractivity contribution >= 4 is 0 Å². The molecule has 1 saturated carbocycles. The molecule has 1 aromatic heterocycles. The number of hydrogen-bond acceptors (Lipinski definition) is 4. The van der Waals surface area contributed by atoms with Crippen molar-refractivity contribution in [2.45, 2.75) is 19.9 Å². The molecule has 4 nitrogen and oxygen atoms in total. The van der Waals surface area contributed by atoms with E-state index in [2.05, 4.69) is 23.2 Å². The molecule has 0 spiro atoms. The molecule has 0 radical (unpaired) electrons. The van der Waals surface area contributed by atoms with Gasteiger partial charge in [-0.2, -0.15) is 5.26 Å². The smallest absolute Gasteiger partial charge is 0.133 e. The molecule has 2 unspecified atom stereocenters. The second-order valence-electron chi connectivity index (χ2n) is 4.36. The Morgan fingerprint density at radius 2 is 2.53 bits per heavy atom. The van der Waals surface area contributed by atoms with Gasteiger partial charge in [0.05, 0.1) is 17.7 Å². The molecule has 2 rings (SSSR count). The molecule has 80 valence electrons. The summed E-state index contributed by atoms with van der Waals surface area (Å²) in [6, 6.07) is 4.25. The van der Waals surface area contributed by atoms with E-state index < -0.39 is 0 Å². The summed E-state index contributed by atoms with van der Waals surface area (Å²) in [6.07, 6.45) is 1.05. The largest absolute Gasteiger partial charge is 0.361 e. The molecular weight excluding hydrogens is 190 g/mol. The van der Waals surface area contributed by atoms with Gasteiger partial charge in [0, 0.05) is 19.2 Å². The third-order valence-electron chi connectivity index (χ3n) is 2.74. The zero-order valence-electron chi connectivity index (χ0n) is 9.10. The maximum atomic E-state index is 8.69. The van der Waals surface area contributed by atoms with E-state index in [4.69, 9.17) is 9.78 Å². The van der Waals surface area contributed by atoms with Gasteiger partial charge in [0.15, 0.2) is 0 Å². The first-order valence-corrected chi connectivity index (χ1v) is 5.19. The van der Waals surface area contributed by atoms with E-state index in [0.717, 1.165) is 31.0 Å². The SMILES string of the molecule is Cc1cc(CN(C)CC2CC2C#N)no1. The summed E-state index contributed by atoms with van der Waals surface area (Å²) in [7, 11) is 2.05. The molecule has 1 heterocycles. The lowest BCUT2D eigenvalue weighted by Crippen LogP contribution is -2.21. The molecule has 1 fully saturated rings. The fourth-order valence-electron chi connectivity index (χ4n) is 1.84. The van der Waals surface area contributed by atoms with Crippen molar-refractivity contribution in [3.05, 3.63) is 17.5 Å². The molecule has 0 amide bonds. The zero-order chi connectivity index (χ0) is 10.8. The van der Waals surface area contributed by atoms with Gasteiger partial charge >= 0.3 is 0 Å². The molecule has 0 saturated heterocycles. The van der Waals surface area contributed by atoms with E-state index in [1.165, 1.54) is 0 Å². The van der Waals surface area contributed by atoms with Crippen LogP contribution in [0.1, 0.15) is 17.9 Å². The maximum absolute atomic E-state index is 8.69. The number of nitrogens with zero attached hydrogens (tertiary/aromatic N) is 3. The Kier molecular flexibility index (Phi) is 2.74. The van der Waals surface area contributed by atoms with Gasteiger partial charge in [0.2, 0.25) is 0 Å². The van der Waals surface area contributed by atoms with E-state index in [0.29, 0.717) is 5.92 Å². The number of hydrogen-bond donors (Lipinski definition) is 0. The molecule has 0 aromatic carbocycles. The fraction of sp³-hybridized carbons (Fsp3) is 0.636. The van der Waals surface area contributed by atoms with Crippen LogP contribution in [-0.4, -0.2) is 23.6 Å². The van der Waals surface area contributed by atoms with Gasteiger partial charge in [-0.1, -0.05) is 5.16 Å². The van der Waals surface area contributed by atoms with Crippen LogP contribution in [-0.2, 0) is 6.54 Å². The van der Waals surface area contributed by atoms with E-state index in [9.17, 15) is 0 Å². The van der Waals surface area contributed by atoms with E-state index >= 15 is 0 Å². The predicted octanol–water partition coefficient (Wildman–Crippen LogP) is 1.57. The van der Waals surface area contributed by atoms with Crippen LogP contribution in [0.4, 0.5) is 0 Å². The van der Waals surface area contributed by atoms with Crippen molar-refractivity contribution in [2.75, 3.05) is 13.6 Å². The predicted molar refractivity (Wildman–Crippen MR) is 54.8 cm³/mol. The van der Waals surface area contributed by atoms with E-state index in [1.807, 2.05) is 13.0 Å². The first-order chi connectivity index (χ1) is 7.19. The molecule has 15 heavy (non-hydrogen) atoms. The molecule has 1 aliphatic rings. The van der Waals surface area contributed by atoms with Crippen LogP contribution in [0.2, 0.25) is 0 Å². The van der Waals surface area contributed by atoms with Gasteiger partial charge in [-0.05, 0) is 26.3 Å². The van der Waals surface area contributed by atoms with Crippen LogP contribution in [0.3, 0.4) is 0 Å². The standard InChI is InChI=1S/C11H15N3O/c1-8-3-11(13-15-8)7-14(2)6-10-4-9(10)5-12/h3,9-10H,4,6-7H2,1-2H3. The second kappa shape index (κ2) is 4.03. The van der Waals surface area contributed by atoms with E-state index in [1.54, 1.807) is 0 Å². The Labute approximate surface area is 89.5 Å². The van der Waals surface area contributed by atoms with Crippen LogP contribution in [0.25, 0.3) is 0 Å². The minimum Gasteiger partial charge on any atom is -0.361 e. The highest BCUT2D eigenvalue weighted by Crippen LogP contribution is 2.38. The van der Waals surface area contributed by atoms with Gasteiger partial charge in [0.1, 0.15) is 5.76 Å². The highest BCUT2D eigenvalue weighted by Gasteiger charge is 2.37. The van der Waals surface area contributed by atoms with Crippen molar-refractivity contribution in [1.29, 1.82) is 5.26 Å². The van der Waals surface area contributed by atoms with Gasteiger partial charge in [-0.3, -0.25) is 0 Å². The first kappa shape index (κ1) is 10.2. The van der Waals surface area contributed by atoms with Crippen molar-refractivity contribution < 1.29 is 4.52 Å². The van der Waals surface area contributed by atoms with Crippen LogP contribution < -0.4 is 0 Å². The Hall–Kier alpha value is -1.34. The molecular formula is C11H15N3O. The Morgan fingerprint density at radius 3 is 3.07 bits per heavy atom. The molecule has 2 atom stereocenters. The molecule has 0 aliphatic heterocycles. The van der Waals surface area contributed by atoms with Gasteiger partial charge in [-0.25, -0.2) is 0 Å². The van der Waals surface area contributed by atoms with Gasteiger partial charge < -0.3 is 9.42 Å². The minimum atomic E-state index is 0.284. The summed E-state index contributed by atoms with van der Waals surface area (Å²) in [6.45, 7) is 3.67. The zero-order valence-corrected chi connectivity index (χ0v) is 9.10. The third-order valence-corrected chi connectivity index (χ3v) is 2.74. The summed E-state index contributed by atoms with van der Waals surface area (Å²) in [5.74, 6) is 1.69. The summed E-state index contributed by atoms with van der Waals surface area (Å²) >= 11 is 0. The highest BCUT2D eigenvalue weighted by atomic mass is 16.5. The van der Waals surface area contributed by atoms with Crippen LogP contribution in [0.5, 0.6) is 0 Å². The highest BCUT2D eigenvalue weighted by molar-refractivity contribution is 5.05. The maximum Gasteiger partial charge on any atom is 0.133 e. The van der Waals surface area contributed by atoms with E-state index in [-0.39, 0.29) is 5.92 Å². The lowest BCUT2D eigenvalue weighted by molar-refractivity contribution is 0.295. The van der Waals surface area contributed by atoms with Crippen LogP contribution >= 0.6 is 0 Å². The third kappa shape index (κ3) is 2.57. The fourth-order valence-corrected chi connectivity index (χ4v) is 1.84. The number of aromatic nitrogens is 1. The van der Waals surface area contributed by atoms with Crippen LogP contribution in [0.15, 0.2) is 10.6 Å². The summed E-state index contributed by atoms with van der Waals surface area (Å²) < 4.78 is 5.00. The minimum absolute atomic E-state index is 0.284. The Morgan fingerprint density at radius 1 is 1.73 bits per heavy atom. The van der Waals surface area contributed by atoms with Crippen molar-refractivity contribution in [3.63, 3.8) is 0 Å².